The predicted molar refractivity (Wildman–Crippen MR) is 87.8 cm³/mol. The summed E-state index contributed by atoms with van der Waals surface area (Å²) in [5, 5.41) is 9.50. The zero-order valence-corrected chi connectivity index (χ0v) is 13.3. The third-order valence-corrected chi connectivity index (χ3v) is 5.52. The lowest BCUT2D eigenvalue weighted by molar-refractivity contribution is -0.142. The third-order valence-electron chi connectivity index (χ3n) is 5.52. The van der Waals surface area contributed by atoms with Crippen LogP contribution in [-0.2, 0) is 11.2 Å². The summed E-state index contributed by atoms with van der Waals surface area (Å²) in [4.78, 5) is 14.1. The summed E-state index contributed by atoms with van der Waals surface area (Å²) >= 11 is 0. The highest BCUT2D eigenvalue weighted by atomic mass is 16.4. The minimum absolute atomic E-state index is 0.259. The molecule has 0 radical (unpaired) electrons. The van der Waals surface area contributed by atoms with Crippen LogP contribution < -0.4 is 0 Å². The van der Waals surface area contributed by atoms with Crippen LogP contribution in [0.4, 0.5) is 0 Å². The van der Waals surface area contributed by atoms with Gasteiger partial charge in [0, 0.05) is 13.1 Å². The first-order valence-corrected chi connectivity index (χ1v) is 8.71. The summed E-state index contributed by atoms with van der Waals surface area (Å²) in [6.45, 7) is 3.33. The maximum absolute atomic E-state index is 11.5. The van der Waals surface area contributed by atoms with Crippen molar-refractivity contribution < 1.29 is 9.90 Å². The molecule has 3 atom stereocenters. The second kappa shape index (κ2) is 7.28. The van der Waals surface area contributed by atoms with Gasteiger partial charge in [-0.1, -0.05) is 43.2 Å². The van der Waals surface area contributed by atoms with Crippen molar-refractivity contribution in [1.29, 1.82) is 0 Å². The first-order chi connectivity index (χ1) is 10.7. The van der Waals surface area contributed by atoms with Crippen LogP contribution in [0.2, 0.25) is 0 Å². The molecule has 3 heteroatoms. The number of benzene rings is 1. The molecule has 1 aromatic rings. The first kappa shape index (κ1) is 15.5. The van der Waals surface area contributed by atoms with Crippen molar-refractivity contribution in [2.45, 2.75) is 38.5 Å². The Bertz CT molecular complexity index is 473. The van der Waals surface area contributed by atoms with Crippen LogP contribution >= 0.6 is 0 Å². The highest BCUT2D eigenvalue weighted by molar-refractivity contribution is 5.70. The van der Waals surface area contributed by atoms with E-state index in [1.165, 1.54) is 38.8 Å². The molecule has 3 rings (SSSR count). The Morgan fingerprint density at radius 1 is 1.14 bits per heavy atom. The van der Waals surface area contributed by atoms with E-state index in [-0.39, 0.29) is 5.92 Å². The molecular weight excluding hydrogens is 274 g/mol. The van der Waals surface area contributed by atoms with E-state index in [0.29, 0.717) is 6.42 Å². The first-order valence-electron chi connectivity index (χ1n) is 8.71. The molecule has 22 heavy (non-hydrogen) atoms. The van der Waals surface area contributed by atoms with Gasteiger partial charge in [-0.15, -0.1) is 0 Å². The summed E-state index contributed by atoms with van der Waals surface area (Å²) in [5.41, 5.74) is 1.13. The fourth-order valence-corrected chi connectivity index (χ4v) is 4.24. The van der Waals surface area contributed by atoms with E-state index in [9.17, 15) is 9.90 Å². The Kier molecular flexibility index (Phi) is 5.14. The van der Waals surface area contributed by atoms with Gasteiger partial charge in [-0.25, -0.2) is 0 Å². The van der Waals surface area contributed by atoms with E-state index >= 15 is 0 Å². The molecule has 3 nitrogen and oxygen atoms in total. The van der Waals surface area contributed by atoms with Crippen LogP contribution in [0, 0.1) is 17.8 Å². The number of carboxylic acid groups (broad SMARTS) is 1. The van der Waals surface area contributed by atoms with E-state index in [2.05, 4.69) is 4.90 Å². The number of carbonyl (C=O) groups is 1. The Labute approximate surface area is 133 Å². The molecule has 1 heterocycles. The molecule has 1 aliphatic carbocycles. The van der Waals surface area contributed by atoms with Crippen LogP contribution in [0.25, 0.3) is 0 Å². The average Bonchev–Trinajstić information content (AvgIpc) is 2.95. The Morgan fingerprint density at radius 2 is 1.77 bits per heavy atom. The van der Waals surface area contributed by atoms with E-state index in [0.717, 1.165) is 30.4 Å². The summed E-state index contributed by atoms with van der Waals surface area (Å²) < 4.78 is 0. The van der Waals surface area contributed by atoms with Gasteiger partial charge in [0.1, 0.15) is 0 Å². The van der Waals surface area contributed by atoms with Gasteiger partial charge in [0.2, 0.25) is 0 Å². The molecule has 0 spiro atoms. The molecule has 0 bridgehead atoms. The Balaban J connectivity index is 1.51. The van der Waals surface area contributed by atoms with E-state index < -0.39 is 5.97 Å². The molecule has 1 N–H and O–H groups in total. The summed E-state index contributed by atoms with van der Waals surface area (Å²) in [6.07, 6.45) is 6.96. The standard InChI is InChI=1S/C19H27NO2/c21-19(22)16(12-15-6-2-1-3-7-15)10-11-20-13-17-8-4-5-9-18(17)14-20/h1-3,6-7,16-18H,4-5,8-14H2,(H,21,22)/t16-,17-,18+/m1/s1. The van der Waals surface area contributed by atoms with Gasteiger partial charge in [0.05, 0.1) is 5.92 Å². The molecule has 1 saturated carbocycles. The number of fused-ring (bicyclic) bond motifs is 1. The quantitative estimate of drug-likeness (QED) is 0.875. The molecule has 2 aliphatic rings. The Morgan fingerprint density at radius 3 is 2.36 bits per heavy atom. The van der Waals surface area contributed by atoms with Crippen molar-refractivity contribution >= 4 is 5.97 Å². The fourth-order valence-electron chi connectivity index (χ4n) is 4.24. The SMILES string of the molecule is O=C(O)[C@H](CCN1C[C@H]2CCCC[C@H]2C1)Cc1ccccc1. The molecule has 1 aromatic carbocycles. The molecule has 0 unspecified atom stereocenters. The van der Waals surface area contributed by atoms with Crippen molar-refractivity contribution in [3.8, 4) is 0 Å². The van der Waals surface area contributed by atoms with Gasteiger partial charge in [-0.2, -0.15) is 0 Å². The largest absolute Gasteiger partial charge is 0.481 e. The van der Waals surface area contributed by atoms with Gasteiger partial charge in [0.25, 0.3) is 0 Å². The summed E-state index contributed by atoms with van der Waals surface area (Å²) in [7, 11) is 0. The molecule has 120 valence electrons. The molecule has 1 saturated heterocycles. The van der Waals surface area contributed by atoms with Crippen molar-refractivity contribution in [3.05, 3.63) is 35.9 Å². The molecule has 2 fully saturated rings. The van der Waals surface area contributed by atoms with Gasteiger partial charge >= 0.3 is 5.97 Å². The lowest BCUT2D eigenvalue weighted by atomic mass is 9.82. The minimum Gasteiger partial charge on any atom is -0.481 e. The maximum Gasteiger partial charge on any atom is 0.306 e. The highest BCUT2D eigenvalue weighted by Crippen LogP contribution is 2.36. The third kappa shape index (κ3) is 3.89. The number of nitrogens with zero attached hydrogens (tertiary/aromatic N) is 1. The van der Waals surface area contributed by atoms with Gasteiger partial charge in [-0.3, -0.25) is 4.79 Å². The van der Waals surface area contributed by atoms with Crippen LogP contribution in [0.15, 0.2) is 30.3 Å². The van der Waals surface area contributed by atoms with Crippen LogP contribution in [0.1, 0.15) is 37.7 Å². The molecule has 0 aromatic heterocycles. The lowest BCUT2D eigenvalue weighted by Gasteiger charge is -2.23. The van der Waals surface area contributed by atoms with Crippen LogP contribution in [0.3, 0.4) is 0 Å². The van der Waals surface area contributed by atoms with Gasteiger partial charge in [-0.05, 0) is 49.6 Å². The van der Waals surface area contributed by atoms with Crippen LogP contribution in [-0.4, -0.2) is 35.6 Å². The fraction of sp³-hybridized carbons (Fsp3) is 0.632. The normalized spacial score (nSPS) is 26.5. The maximum atomic E-state index is 11.5. The van der Waals surface area contributed by atoms with Gasteiger partial charge in [0.15, 0.2) is 0 Å². The number of rotatable bonds is 6. The smallest absolute Gasteiger partial charge is 0.306 e. The number of hydrogen-bond donors (Lipinski definition) is 1. The summed E-state index contributed by atoms with van der Waals surface area (Å²) in [5.74, 6) is 0.850. The Hall–Kier alpha value is -1.35. The van der Waals surface area contributed by atoms with Crippen molar-refractivity contribution in [2.75, 3.05) is 19.6 Å². The second-order valence-electron chi connectivity index (χ2n) is 7.08. The predicted octanol–water partition coefficient (Wildman–Crippen LogP) is 3.44. The number of carboxylic acids is 1. The average molecular weight is 301 g/mol. The van der Waals surface area contributed by atoms with Crippen molar-refractivity contribution in [3.63, 3.8) is 0 Å². The molecule has 0 amide bonds. The number of hydrogen-bond acceptors (Lipinski definition) is 2. The molecular formula is C19H27NO2. The number of aliphatic carboxylic acids is 1. The highest BCUT2D eigenvalue weighted by Gasteiger charge is 2.34. The van der Waals surface area contributed by atoms with E-state index in [1.54, 1.807) is 0 Å². The zero-order chi connectivity index (χ0) is 15.4. The second-order valence-corrected chi connectivity index (χ2v) is 7.08. The van der Waals surface area contributed by atoms with Crippen molar-refractivity contribution in [1.82, 2.24) is 4.90 Å². The zero-order valence-electron chi connectivity index (χ0n) is 13.3. The van der Waals surface area contributed by atoms with E-state index in [1.807, 2.05) is 30.3 Å². The van der Waals surface area contributed by atoms with Crippen molar-refractivity contribution in [2.24, 2.45) is 17.8 Å². The van der Waals surface area contributed by atoms with Crippen LogP contribution in [0.5, 0.6) is 0 Å². The summed E-state index contributed by atoms with van der Waals surface area (Å²) in [6, 6.07) is 10.0. The topological polar surface area (TPSA) is 40.5 Å². The van der Waals surface area contributed by atoms with Gasteiger partial charge < -0.3 is 10.0 Å². The molecule has 1 aliphatic heterocycles. The monoisotopic (exact) mass is 301 g/mol. The van der Waals surface area contributed by atoms with E-state index in [4.69, 9.17) is 0 Å². The lowest BCUT2D eigenvalue weighted by Crippen LogP contribution is -2.27. The number of likely N-dealkylation sites (tertiary alicyclic amines) is 1. The minimum atomic E-state index is -0.652.